The fourth-order valence-electron chi connectivity index (χ4n) is 2.60. The van der Waals surface area contributed by atoms with Crippen molar-refractivity contribution in [3.63, 3.8) is 0 Å². The van der Waals surface area contributed by atoms with E-state index in [4.69, 9.17) is 0 Å². The minimum Gasteiger partial charge on any atom is -0.359 e. The quantitative estimate of drug-likeness (QED) is 0.851. The first-order valence-corrected chi connectivity index (χ1v) is 6.23. The van der Waals surface area contributed by atoms with Gasteiger partial charge in [-0.1, -0.05) is 12.1 Å². The molecule has 2 aromatic rings. The number of aromatic nitrogens is 1. The van der Waals surface area contributed by atoms with Gasteiger partial charge in [-0.3, -0.25) is 4.79 Å². The molecule has 1 aliphatic rings. The lowest BCUT2D eigenvalue weighted by atomic mass is 9.91. The van der Waals surface area contributed by atoms with Gasteiger partial charge in [0.25, 0.3) is 0 Å². The van der Waals surface area contributed by atoms with Gasteiger partial charge in [0.2, 0.25) is 0 Å². The van der Waals surface area contributed by atoms with E-state index in [1.807, 2.05) is 12.3 Å². The van der Waals surface area contributed by atoms with Crippen LogP contribution in [0.3, 0.4) is 0 Å². The van der Waals surface area contributed by atoms with Gasteiger partial charge < -0.3 is 10.3 Å². The van der Waals surface area contributed by atoms with Gasteiger partial charge in [-0.2, -0.15) is 0 Å². The predicted octanol–water partition coefficient (Wildman–Crippen LogP) is 2.03. The van der Waals surface area contributed by atoms with E-state index in [1.54, 1.807) is 6.07 Å². The summed E-state index contributed by atoms with van der Waals surface area (Å²) in [6.07, 6.45) is 3.09. The molecule has 1 aromatic carbocycles. The maximum atomic E-state index is 13.5. The fraction of sp³-hybridized carbons (Fsp3) is 0.357. The van der Waals surface area contributed by atoms with E-state index in [2.05, 4.69) is 10.3 Å². The third kappa shape index (κ3) is 1.93. The van der Waals surface area contributed by atoms with Crippen molar-refractivity contribution >= 4 is 16.7 Å². The summed E-state index contributed by atoms with van der Waals surface area (Å²) in [4.78, 5) is 14.8. The first-order chi connectivity index (χ1) is 8.75. The van der Waals surface area contributed by atoms with Crippen LogP contribution in [0, 0.1) is 11.7 Å². The van der Waals surface area contributed by atoms with Crippen LogP contribution in [0.15, 0.2) is 24.4 Å². The molecule has 0 bridgehead atoms. The van der Waals surface area contributed by atoms with Crippen molar-refractivity contribution in [1.29, 1.82) is 0 Å². The number of benzene rings is 1. The van der Waals surface area contributed by atoms with Gasteiger partial charge in [-0.05, 0) is 18.1 Å². The van der Waals surface area contributed by atoms with Crippen LogP contribution in [-0.2, 0) is 11.2 Å². The Kier molecular flexibility index (Phi) is 2.88. The van der Waals surface area contributed by atoms with Crippen LogP contribution in [-0.4, -0.2) is 23.9 Å². The van der Waals surface area contributed by atoms with Crippen molar-refractivity contribution in [2.45, 2.75) is 12.8 Å². The van der Waals surface area contributed by atoms with Crippen molar-refractivity contribution in [1.82, 2.24) is 10.3 Å². The molecule has 18 heavy (non-hydrogen) atoms. The Morgan fingerprint density at radius 3 is 3.11 bits per heavy atom. The van der Waals surface area contributed by atoms with Crippen molar-refractivity contribution < 1.29 is 9.18 Å². The zero-order valence-electron chi connectivity index (χ0n) is 10.0. The second-order valence-electron chi connectivity index (χ2n) is 4.80. The highest BCUT2D eigenvalue weighted by Crippen LogP contribution is 2.24. The fourth-order valence-corrected chi connectivity index (χ4v) is 2.60. The van der Waals surface area contributed by atoms with Crippen LogP contribution in [0.1, 0.15) is 12.0 Å². The number of hydrogen-bond donors (Lipinski definition) is 2. The van der Waals surface area contributed by atoms with Gasteiger partial charge in [-0.25, -0.2) is 4.39 Å². The van der Waals surface area contributed by atoms with Crippen molar-refractivity contribution in [3.8, 4) is 0 Å². The lowest BCUT2D eigenvalue weighted by Crippen LogP contribution is -2.37. The van der Waals surface area contributed by atoms with E-state index in [9.17, 15) is 9.18 Å². The molecule has 1 aliphatic heterocycles. The number of halogens is 1. The van der Waals surface area contributed by atoms with E-state index < -0.39 is 0 Å². The highest BCUT2D eigenvalue weighted by atomic mass is 19.1. The molecule has 1 aromatic heterocycles. The Bertz CT molecular complexity index is 590. The van der Waals surface area contributed by atoms with Crippen LogP contribution < -0.4 is 5.32 Å². The molecule has 2 N–H and O–H groups in total. The highest BCUT2D eigenvalue weighted by molar-refractivity contribution is 5.86. The first kappa shape index (κ1) is 11.4. The standard InChI is InChI=1S/C14H15FN2O/c15-12-3-1-2-11-9(8-17-14(11)12)6-10-7-16-5-4-13(10)18/h1-3,8,10,16-17H,4-7H2. The number of carbonyl (C=O) groups excluding carboxylic acids is 1. The lowest BCUT2D eigenvalue weighted by Gasteiger charge is -2.21. The zero-order valence-corrected chi connectivity index (χ0v) is 10.0. The normalized spacial score (nSPS) is 20.5. The monoisotopic (exact) mass is 246 g/mol. The summed E-state index contributed by atoms with van der Waals surface area (Å²) in [5, 5.41) is 4.11. The van der Waals surface area contributed by atoms with E-state index >= 15 is 0 Å². The Labute approximate surface area is 104 Å². The molecule has 1 atom stereocenters. The molecule has 0 amide bonds. The number of carbonyl (C=O) groups is 1. The zero-order chi connectivity index (χ0) is 12.5. The number of H-pyrrole nitrogens is 1. The summed E-state index contributed by atoms with van der Waals surface area (Å²) < 4.78 is 13.5. The number of para-hydroxylation sites is 1. The van der Waals surface area contributed by atoms with Gasteiger partial charge in [0.1, 0.15) is 11.6 Å². The Morgan fingerprint density at radius 2 is 2.28 bits per heavy atom. The molecule has 94 valence electrons. The number of ketones is 1. The van der Waals surface area contributed by atoms with Crippen molar-refractivity contribution in [3.05, 3.63) is 35.8 Å². The van der Waals surface area contributed by atoms with Gasteiger partial charge in [0, 0.05) is 37.0 Å². The average Bonchev–Trinajstić information content (AvgIpc) is 2.77. The van der Waals surface area contributed by atoms with Gasteiger partial charge in [-0.15, -0.1) is 0 Å². The molecule has 3 nitrogen and oxygen atoms in total. The van der Waals surface area contributed by atoms with Crippen LogP contribution in [0.2, 0.25) is 0 Å². The SMILES string of the molecule is O=C1CCNCC1Cc1c[nH]c2c(F)cccc12. The number of aromatic amines is 1. The molecule has 2 heterocycles. The van der Waals surface area contributed by atoms with Gasteiger partial charge in [0.15, 0.2) is 0 Å². The largest absolute Gasteiger partial charge is 0.359 e. The first-order valence-electron chi connectivity index (χ1n) is 6.23. The number of rotatable bonds is 2. The Morgan fingerprint density at radius 1 is 1.39 bits per heavy atom. The summed E-state index contributed by atoms with van der Waals surface area (Å²) >= 11 is 0. The van der Waals surface area contributed by atoms with Crippen LogP contribution in [0.4, 0.5) is 4.39 Å². The minimum absolute atomic E-state index is 0.0148. The molecule has 3 rings (SSSR count). The van der Waals surface area contributed by atoms with E-state index in [0.29, 0.717) is 24.1 Å². The molecule has 0 aliphatic carbocycles. The maximum Gasteiger partial charge on any atom is 0.147 e. The van der Waals surface area contributed by atoms with E-state index in [-0.39, 0.29) is 11.7 Å². The summed E-state index contributed by atoms with van der Waals surface area (Å²) in [6.45, 7) is 1.50. The molecular weight excluding hydrogens is 231 g/mol. The van der Waals surface area contributed by atoms with Crippen LogP contribution in [0.25, 0.3) is 10.9 Å². The van der Waals surface area contributed by atoms with E-state index in [1.165, 1.54) is 6.07 Å². The summed E-state index contributed by atoms with van der Waals surface area (Å²) in [6, 6.07) is 5.04. The van der Waals surface area contributed by atoms with Crippen molar-refractivity contribution in [2.75, 3.05) is 13.1 Å². The molecule has 0 radical (unpaired) electrons. The number of nitrogens with one attached hydrogen (secondary N) is 2. The number of fused-ring (bicyclic) bond motifs is 1. The molecular formula is C14H15FN2O. The average molecular weight is 246 g/mol. The third-order valence-corrected chi connectivity index (χ3v) is 3.61. The van der Waals surface area contributed by atoms with Gasteiger partial charge >= 0.3 is 0 Å². The number of hydrogen-bond acceptors (Lipinski definition) is 2. The third-order valence-electron chi connectivity index (χ3n) is 3.61. The van der Waals surface area contributed by atoms with Gasteiger partial charge in [0.05, 0.1) is 5.52 Å². The molecule has 1 fully saturated rings. The second-order valence-corrected chi connectivity index (χ2v) is 4.80. The Balaban J connectivity index is 1.91. The van der Waals surface area contributed by atoms with Crippen LogP contribution >= 0.6 is 0 Å². The van der Waals surface area contributed by atoms with E-state index in [0.717, 1.165) is 24.0 Å². The predicted molar refractivity (Wildman–Crippen MR) is 67.9 cm³/mol. The molecule has 0 spiro atoms. The highest BCUT2D eigenvalue weighted by Gasteiger charge is 2.23. The summed E-state index contributed by atoms with van der Waals surface area (Å²) in [5.41, 5.74) is 1.55. The summed E-state index contributed by atoms with van der Waals surface area (Å²) in [7, 11) is 0. The van der Waals surface area contributed by atoms with Crippen molar-refractivity contribution in [2.24, 2.45) is 5.92 Å². The second kappa shape index (κ2) is 4.53. The number of Topliss-reactive ketones (excluding diaryl/α,β-unsaturated/α-hetero) is 1. The molecule has 4 heteroatoms. The number of piperidine rings is 1. The topological polar surface area (TPSA) is 44.9 Å². The smallest absolute Gasteiger partial charge is 0.147 e. The lowest BCUT2D eigenvalue weighted by molar-refractivity contribution is -0.123. The Hall–Kier alpha value is -1.68. The molecule has 0 saturated carbocycles. The maximum absolute atomic E-state index is 13.5. The van der Waals surface area contributed by atoms with Crippen LogP contribution in [0.5, 0.6) is 0 Å². The molecule has 1 saturated heterocycles. The summed E-state index contributed by atoms with van der Waals surface area (Å²) in [5.74, 6) is 0.0763. The minimum atomic E-state index is -0.244. The molecule has 1 unspecified atom stereocenters.